The molecular weight excluding hydrogens is 480 g/mol. The third-order valence-electron chi connectivity index (χ3n) is 8.32. The van der Waals surface area contributed by atoms with E-state index in [-0.39, 0.29) is 6.10 Å². The van der Waals surface area contributed by atoms with Gasteiger partial charge in [-0.2, -0.15) is 15.3 Å². The van der Waals surface area contributed by atoms with Crippen molar-refractivity contribution in [2.45, 2.75) is 75.6 Å². The predicted octanol–water partition coefficient (Wildman–Crippen LogP) is 3.97. The third-order valence-corrected chi connectivity index (χ3v) is 8.32. The van der Waals surface area contributed by atoms with Gasteiger partial charge in [-0.25, -0.2) is 4.98 Å². The zero-order chi connectivity index (χ0) is 25.9. The number of aliphatic hydroxyl groups excluding tert-OH is 1. The van der Waals surface area contributed by atoms with Crippen LogP contribution in [0.3, 0.4) is 0 Å². The first kappa shape index (κ1) is 25.0. The number of nitriles is 1. The molecule has 1 aliphatic heterocycles. The Morgan fingerprint density at radius 3 is 2.50 bits per heavy atom. The number of fused-ring (bicyclic) bond motifs is 1. The summed E-state index contributed by atoms with van der Waals surface area (Å²) in [5, 5.41) is 31.8. The molecule has 1 saturated heterocycles. The first-order valence-corrected chi connectivity index (χ1v) is 13.9. The van der Waals surface area contributed by atoms with Gasteiger partial charge in [0, 0.05) is 36.8 Å². The summed E-state index contributed by atoms with van der Waals surface area (Å²) in [5.41, 5.74) is 2.22. The fourth-order valence-corrected chi connectivity index (χ4v) is 6.14. The molecule has 2 aliphatic carbocycles. The van der Waals surface area contributed by atoms with Gasteiger partial charge in [0.1, 0.15) is 5.82 Å². The number of morpholine rings is 1. The van der Waals surface area contributed by atoms with E-state index in [2.05, 4.69) is 26.7 Å². The van der Waals surface area contributed by atoms with E-state index in [4.69, 9.17) is 14.7 Å². The Labute approximate surface area is 223 Å². The minimum Gasteiger partial charge on any atom is -0.393 e. The number of hydrogen-bond donors (Lipinski definition) is 3. The molecule has 3 aromatic rings. The molecule has 3 N–H and O–H groups in total. The average Bonchev–Trinajstić information content (AvgIpc) is 3.42. The summed E-state index contributed by atoms with van der Waals surface area (Å²) >= 11 is 0. The molecule has 2 saturated carbocycles. The number of ether oxygens (including phenoxy) is 1. The van der Waals surface area contributed by atoms with Gasteiger partial charge in [0.05, 0.1) is 54.4 Å². The van der Waals surface area contributed by atoms with Crippen molar-refractivity contribution in [3.05, 3.63) is 36.2 Å². The van der Waals surface area contributed by atoms with Gasteiger partial charge in [0.2, 0.25) is 5.95 Å². The van der Waals surface area contributed by atoms with Crippen LogP contribution in [0, 0.1) is 11.3 Å². The van der Waals surface area contributed by atoms with Gasteiger partial charge in [0.25, 0.3) is 0 Å². The minimum atomic E-state index is -0.188. The summed E-state index contributed by atoms with van der Waals surface area (Å²) in [6.07, 6.45) is 11.6. The van der Waals surface area contributed by atoms with E-state index in [1.165, 1.54) is 0 Å². The van der Waals surface area contributed by atoms with Crippen LogP contribution < -0.4 is 10.6 Å². The van der Waals surface area contributed by atoms with Crippen LogP contribution in [0.1, 0.15) is 63.0 Å². The normalized spacial score (nSPS) is 26.6. The van der Waals surface area contributed by atoms with Gasteiger partial charge < -0.3 is 20.5 Å². The zero-order valence-electron chi connectivity index (χ0n) is 21.7. The van der Waals surface area contributed by atoms with Crippen molar-refractivity contribution in [3.63, 3.8) is 0 Å². The molecule has 0 spiro atoms. The van der Waals surface area contributed by atoms with Crippen molar-refractivity contribution in [1.82, 2.24) is 24.6 Å². The highest BCUT2D eigenvalue weighted by atomic mass is 16.5. The van der Waals surface area contributed by atoms with Crippen LogP contribution in [-0.4, -0.2) is 74.2 Å². The maximum Gasteiger partial charge on any atom is 0.229 e. The van der Waals surface area contributed by atoms with E-state index in [1.54, 1.807) is 12.3 Å². The lowest BCUT2D eigenvalue weighted by atomic mass is 9.90. The van der Waals surface area contributed by atoms with E-state index in [0.717, 1.165) is 100 Å². The Balaban J connectivity index is 1.18. The van der Waals surface area contributed by atoms with Crippen molar-refractivity contribution >= 4 is 28.4 Å². The van der Waals surface area contributed by atoms with E-state index < -0.39 is 0 Å². The number of aromatic nitrogens is 4. The molecule has 2 aromatic heterocycles. The van der Waals surface area contributed by atoms with Crippen LogP contribution in [0.4, 0.5) is 17.5 Å². The van der Waals surface area contributed by atoms with Crippen molar-refractivity contribution in [3.8, 4) is 6.07 Å². The second kappa shape index (κ2) is 11.2. The molecule has 1 aromatic carbocycles. The van der Waals surface area contributed by atoms with Gasteiger partial charge in [-0.1, -0.05) is 0 Å². The van der Waals surface area contributed by atoms with Crippen LogP contribution in [0.2, 0.25) is 0 Å². The number of nitrogens with zero attached hydrogens (tertiary/aromatic N) is 6. The summed E-state index contributed by atoms with van der Waals surface area (Å²) < 4.78 is 7.52. The molecule has 0 atom stereocenters. The highest BCUT2D eigenvalue weighted by Gasteiger charge is 2.27. The van der Waals surface area contributed by atoms with E-state index in [0.29, 0.717) is 29.6 Å². The van der Waals surface area contributed by atoms with Crippen LogP contribution in [0.5, 0.6) is 0 Å². The van der Waals surface area contributed by atoms with E-state index in [9.17, 15) is 10.4 Å². The van der Waals surface area contributed by atoms with Gasteiger partial charge in [-0.3, -0.25) is 9.58 Å². The fraction of sp³-hybridized carbons (Fsp3) is 0.571. The SMILES string of the molecule is N#Cc1ccc2nc(Nc3cnn(C4CCC(O)CC4)c3)nc(NC3CCC(N4CCOCC4)CC3)c2c1. The first-order valence-electron chi connectivity index (χ1n) is 13.9. The number of aliphatic hydroxyl groups is 1. The molecular formula is C28H36N8O2. The van der Waals surface area contributed by atoms with Crippen LogP contribution in [0.25, 0.3) is 10.9 Å². The second-order valence-electron chi connectivity index (χ2n) is 10.8. The average molecular weight is 517 g/mol. The lowest BCUT2D eigenvalue weighted by Gasteiger charge is -2.39. The maximum absolute atomic E-state index is 9.82. The van der Waals surface area contributed by atoms with Crippen LogP contribution in [0.15, 0.2) is 30.6 Å². The molecule has 3 fully saturated rings. The van der Waals surface area contributed by atoms with Gasteiger partial charge in [-0.15, -0.1) is 0 Å². The fourth-order valence-electron chi connectivity index (χ4n) is 6.14. The van der Waals surface area contributed by atoms with Gasteiger partial charge in [0.15, 0.2) is 0 Å². The van der Waals surface area contributed by atoms with Crippen LogP contribution >= 0.6 is 0 Å². The molecule has 38 heavy (non-hydrogen) atoms. The highest BCUT2D eigenvalue weighted by molar-refractivity contribution is 5.91. The standard InChI is InChI=1S/C28H36N8O2/c29-16-19-1-10-26-25(15-19)27(31-20-2-4-22(5-3-20)35-11-13-38-14-12-35)34-28(33-26)32-21-17-30-36(18-21)23-6-8-24(37)9-7-23/h1,10,15,17-18,20,22-24,37H,2-9,11-14H2,(H2,31,32,33,34). The second-order valence-corrected chi connectivity index (χ2v) is 10.8. The summed E-state index contributed by atoms with van der Waals surface area (Å²) in [4.78, 5) is 12.2. The van der Waals surface area contributed by atoms with Crippen molar-refractivity contribution in [1.29, 1.82) is 5.26 Å². The molecule has 200 valence electrons. The summed E-state index contributed by atoms with van der Waals surface area (Å²) in [7, 11) is 0. The van der Waals surface area contributed by atoms with E-state index >= 15 is 0 Å². The minimum absolute atomic E-state index is 0.188. The molecule has 0 radical (unpaired) electrons. The Kier molecular flexibility index (Phi) is 7.40. The van der Waals surface area contributed by atoms with Crippen molar-refractivity contribution < 1.29 is 9.84 Å². The quantitative estimate of drug-likeness (QED) is 0.446. The first-order chi connectivity index (χ1) is 18.6. The topological polar surface area (TPSA) is 124 Å². The smallest absolute Gasteiger partial charge is 0.229 e. The summed E-state index contributed by atoms with van der Waals surface area (Å²) in [5.74, 6) is 1.27. The molecule has 0 amide bonds. The number of nitrogens with one attached hydrogen (secondary N) is 2. The van der Waals surface area contributed by atoms with Gasteiger partial charge >= 0.3 is 0 Å². The van der Waals surface area contributed by atoms with Gasteiger partial charge in [-0.05, 0) is 69.6 Å². The molecule has 10 heteroatoms. The van der Waals surface area contributed by atoms with Crippen molar-refractivity contribution in [2.75, 3.05) is 36.9 Å². The Bertz CT molecular complexity index is 1280. The maximum atomic E-state index is 9.82. The Morgan fingerprint density at radius 1 is 0.974 bits per heavy atom. The predicted molar refractivity (Wildman–Crippen MR) is 145 cm³/mol. The third kappa shape index (κ3) is 5.60. The van der Waals surface area contributed by atoms with E-state index in [1.807, 2.05) is 23.0 Å². The summed E-state index contributed by atoms with van der Waals surface area (Å²) in [6.45, 7) is 3.74. The number of hydrogen-bond acceptors (Lipinski definition) is 9. The number of benzene rings is 1. The molecule has 10 nitrogen and oxygen atoms in total. The number of anilines is 3. The largest absolute Gasteiger partial charge is 0.393 e. The lowest BCUT2D eigenvalue weighted by molar-refractivity contribution is 0.00791. The lowest BCUT2D eigenvalue weighted by Crippen LogP contribution is -2.46. The van der Waals surface area contributed by atoms with Crippen LogP contribution in [-0.2, 0) is 4.74 Å². The van der Waals surface area contributed by atoms with Crippen molar-refractivity contribution in [2.24, 2.45) is 0 Å². The molecule has 6 rings (SSSR count). The molecule has 3 aliphatic rings. The highest BCUT2D eigenvalue weighted by Crippen LogP contribution is 2.31. The molecule has 0 bridgehead atoms. The zero-order valence-corrected chi connectivity index (χ0v) is 21.7. The summed E-state index contributed by atoms with van der Waals surface area (Å²) in [6, 6.07) is 9.06. The number of rotatable bonds is 6. The molecule has 3 heterocycles. The monoisotopic (exact) mass is 516 g/mol. The molecule has 0 unspecified atom stereocenters. The Hall–Kier alpha value is -3.26. The Morgan fingerprint density at radius 2 is 1.74 bits per heavy atom.